The molecule has 0 unspecified atom stereocenters. The summed E-state index contributed by atoms with van der Waals surface area (Å²) in [6, 6.07) is 4.00. The van der Waals surface area contributed by atoms with Crippen LogP contribution in [0.25, 0.3) is 0 Å². The molecule has 0 saturated carbocycles. The second-order valence-corrected chi connectivity index (χ2v) is 6.93. The molecule has 1 aliphatic rings. The highest BCUT2D eigenvalue weighted by Crippen LogP contribution is 2.24. The van der Waals surface area contributed by atoms with Gasteiger partial charge < -0.3 is 9.64 Å². The molecular formula is C13H17F3N2O3S. The van der Waals surface area contributed by atoms with Crippen LogP contribution in [0.3, 0.4) is 0 Å². The van der Waals surface area contributed by atoms with E-state index in [2.05, 4.69) is 14.4 Å². The van der Waals surface area contributed by atoms with Crippen molar-refractivity contribution in [2.45, 2.75) is 30.1 Å². The minimum atomic E-state index is -4.80. The first-order valence-corrected chi connectivity index (χ1v) is 8.21. The highest BCUT2D eigenvalue weighted by Gasteiger charge is 2.31. The Morgan fingerprint density at radius 3 is 2.23 bits per heavy atom. The number of halogens is 3. The van der Waals surface area contributed by atoms with E-state index in [1.54, 1.807) is 0 Å². The monoisotopic (exact) mass is 338 g/mol. The van der Waals surface area contributed by atoms with Crippen LogP contribution in [0, 0.1) is 0 Å². The Bertz CT molecular complexity index is 594. The molecule has 1 heterocycles. The molecule has 22 heavy (non-hydrogen) atoms. The maximum absolute atomic E-state index is 12.2. The van der Waals surface area contributed by atoms with Crippen LogP contribution in [0.1, 0.15) is 12.8 Å². The van der Waals surface area contributed by atoms with Gasteiger partial charge in [0.2, 0.25) is 10.0 Å². The van der Waals surface area contributed by atoms with Gasteiger partial charge in [-0.25, -0.2) is 13.1 Å². The number of benzene rings is 1. The van der Waals surface area contributed by atoms with E-state index in [-0.39, 0.29) is 10.9 Å². The number of sulfonamides is 1. The SMILES string of the molecule is CN1CCC(NS(=O)(=O)c2ccc(OC(F)(F)F)cc2)CC1. The first kappa shape index (κ1) is 17.0. The van der Waals surface area contributed by atoms with Crippen LogP contribution in [0.5, 0.6) is 5.75 Å². The molecule has 0 bridgehead atoms. The Morgan fingerprint density at radius 1 is 1.18 bits per heavy atom. The second kappa shape index (κ2) is 6.43. The lowest BCUT2D eigenvalue weighted by Crippen LogP contribution is -2.43. The number of piperidine rings is 1. The van der Waals surface area contributed by atoms with Gasteiger partial charge in [-0.2, -0.15) is 0 Å². The molecule has 0 atom stereocenters. The summed E-state index contributed by atoms with van der Waals surface area (Å²) in [5.74, 6) is -0.453. The zero-order valence-electron chi connectivity index (χ0n) is 11.9. The topological polar surface area (TPSA) is 58.6 Å². The van der Waals surface area contributed by atoms with Gasteiger partial charge in [0.25, 0.3) is 0 Å². The summed E-state index contributed by atoms with van der Waals surface area (Å²) in [4.78, 5) is 2.02. The van der Waals surface area contributed by atoms with E-state index in [9.17, 15) is 21.6 Å². The second-order valence-electron chi connectivity index (χ2n) is 5.22. The highest BCUT2D eigenvalue weighted by atomic mass is 32.2. The molecule has 1 saturated heterocycles. The molecule has 1 aromatic carbocycles. The molecule has 0 aromatic heterocycles. The quantitative estimate of drug-likeness (QED) is 0.912. The summed E-state index contributed by atoms with van der Waals surface area (Å²) in [6.45, 7) is 1.59. The highest BCUT2D eigenvalue weighted by molar-refractivity contribution is 7.89. The Balaban J connectivity index is 2.03. The van der Waals surface area contributed by atoms with E-state index < -0.39 is 22.1 Å². The molecule has 2 rings (SSSR count). The number of nitrogens with one attached hydrogen (secondary N) is 1. The third kappa shape index (κ3) is 4.85. The lowest BCUT2D eigenvalue weighted by Gasteiger charge is -2.29. The van der Waals surface area contributed by atoms with Gasteiger partial charge in [-0.3, -0.25) is 0 Å². The van der Waals surface area contributed by atoms with Gasteiger partial charge >= 0.3 is 6.36 Å². The molecule has 1 aromatic rings. The number of nitrogens with zero attached hydrogens (tertiary/aromatic N) is 1. The van der Waals surface area contributed by atoms with Gasteiger partial charge in [-0.05, 0) is 57.2 Å². The standard InChI is InChI=1S/C13H17F3N2O3S/c1-18-8-6-10(7-9-18)17-22(19,20)12-4-2-11(3-5-12)21-13(14,15)16/h2-5,10,17H,6-9H2,1H3. The van der Waals surface area contributed by atoms with Gasteiger partial charge in [0.05, 0.1) is 4.90 Å². The Labute approximate surface area is 127 Å². The summed E-state index contributed by atoms with van der Waals surface area (Å²) in [6.07, 6.45) is -3.40. The van der Waals surface area contributed by atoms with Crippen molar-refractivity contribution in [1.82, 2.24) is 9.62 Å². The number of rotatable bonds is 4. The smallest absolute Gasteiger partial charge is 0.406 e. The van der Waals surface area contributed by atoms with Crippen molar-refractivity contribution >= 4 is 10.0 Å². The molecule has 124 valence electrons. The third-order valence-electron chi connectivity index (χ3n) is 3.41. The average molecular weight is 338 g/mol. The number of hydrogen-bond acceptors (Lipinski definition) is 4. The lowest BCUT2D eigenvalue weighted by molar-refractivity contribution is -0.274. The van der Waals surface area contributed by atoms with Crippen LogP contribution in [0.2, 0.25) is 0 Å². The van der Waals surface area contributed by atoms with Crippen LogP contribution in [-0.4, -0.2) is 45.9 Å². The maximum atomic E-state index is 12.2. The fourth-order valence-corrected chi connectivity index (χ4v) is 3.54. The number of likely N-dealkylation sites (tertiary alicyclic amines) is 1. The summed E-state index contributed by atoms with van der Waals surface area (Å²) in [7, 11) is -1.78. The molecule has 1 aliphatic heterocycles. The van der Waals surface area contributed by atoms with Crippen molar-refractivity contribution in [2.24, 2.45) is 0 Å². The van der Waals surface area contributed by atoms with Crippen molar-refractivity contribution in [2.75, 3.05) is 20.1 Å². The third-order valence-corrected chi connectivity index (χ3v) is 4.94. The summed E-state index contributed by atoms with van der Waals surface area (Å²) in [5, 5.41) is 0. The molecular weight excluding hydrogens is 321 g/mol. The molecule has 0 radical (unpaired) electrons. The zero-order chi connectivity index (χ0) is 16.4. The van der Waals surface area contributed by atoms with Crippen LogP contribution in [0.4, 0.5) is 13.2 Å². The Hall–Kier alpha value is -1.32. The van der Waals surface area contributed by atoms with Crippen LogP contribution < -0.4 is 9.46 Å². The summed E-state index contributed by atoms with van der Waals surface area (Å²) in [5.41, 5.74) is 0. The van der Waals surface area contributed by atoms with Crippen molar-refractivity contribution in [3.63, 3.8) is 0 Å². The van der Waals surface area contributed by atoms with E-state index in [1.807, 2.05) is 7.05 Å². The van der Waals surface area contributed by atoms with Crippen LogP contribution in [-0.2, 0) is 10.0 Å². The average Bonchev–Trinajstić information content (AvgIpc) is 2.40. The Kier molecular flexibility index (Phi) is 4.98. The predicted octanol–water partition coefficient (Wildman–Crippen LogP) is 1.96. The van der Waals surface area contributed by atoms with E-state index in [0.29, 0.717) is 12.8 Å². The van der Waals surface area contributed by atoms with E-state index in [1.165, 1.54) is 0 Å². The van der Waals surface area contributed by atoms with Gasteiger partial charge in [-0.1, -0.05) is 0 Å². The molecule has 5 nitrogen and oxygen atoms in total. The van der Waals surface area contributed by atoms with Gasteiger partial charge in [-0.15, -0.1) is 13.2 Å². The fraction of sp³-hybridized carbons (Fsp3) is 0.538. The molecule has 1 N–H and O–H groups in total. The summed E-state index contributed by atoms with van der Waals surface area (Å²) < 4.78 is 66.9. The Morgan fingerprint density at radius 2 is 1.73 bits per heavy atom. The fourth-order valence-electron chi connectivity index (χ4n) is 2.23. The molecule has 1 fully saturated rings. The first-order chi connectivity index (χ1) is 10.2. The first-order valence-electron chi connectivity index (χ1n) is 6.72. The molecule has 0 spiro atoms. The summed E-state index contributed by atoms with van der Waals surface area (Å²) >= 11 is 0. The largest absolute Gasteiger partial charge is 0.573 e. The number of hydrogen-bond donors (Lipinski definition) is 1. The van der Waals surface area contributed by atoms with Gasteiger partial charge in [0.15, 0.2) is 0 Å². The van der Waals surface area contributed by atoms with E-state index in [0.717, 1.165) is 37.4 Å². The normalized spacial score (nSPS) is 18.4. The maximum Gasteiger partial charge on any atom is 0.573 e. The zero-order valence-corrected chi connectivity index (χ0v) is 12.7. The van der Waals surface area contributed by atoms with Gasteiger partial charge in [0, 0.05) is 6.04 Å². The minimum absolute atomic E-state index is 0.0825. The molecule has 9 heteroatoms. The number of ether oxygens (including phenoxy) is 1. The molecule has 0 aliphatic carbocycles. The van der Waals surface area contributed by atoms with Crippen molar-refractivity contribution in [3.05, 3.63) is 24.3 Å². The van der Waals surface area contributed by atoms with Crippen molar-refractivity contribution < 1.29 is 26.3 Å². The van der Waals surface area contributed by atoms with E-state index >= 15 is 0 Å². The van der Waals surface area contributed by atoms with Crippen molar-refractivity contribution in [3.8, 4) is 5.75 Å². The van der Waals surface area contributed by atoms with Crippen LogP contribution >= 0.6 is 0 Å². The lowest BCUT2D eigenvalue weighted by atomic mass is 10.1. The predicted molar refractivity (Wildman–Crippen MR) is 74.0 cm³/mol. The minimum Gasteiger partial charge on any atom is -0.406 e. The van der Waals surface area contributed by atoms with Gasteiger partial charge in [0.1, 0.15) is 5.75 Å². The molecule has 0 amide bonds. The van der Waals surface area contributed by atoms with Crippen molar-refractivity contribution in [1.29, 1.82) is 0 Å². The van der Waals surface area contributed by atoms with Crippen LogP contribution in [0.15, 0.2) is 29.2 Å². The van der Waals surface area contributed by atoms with E-state index in [4.69, 9.17) is 0 Å². The number of alkyl halides is 3.